The van der Waals surface area contributed by atoms with Crippen LogP contribution in [0, 0.1) is 0 Å². The molecular weight excluding hydrogens is 264 g/mol. The number of nitrogens with zero attached hydrogens (tertiary/aromatic N) is 3. The zero-order valence-corrected chi connectivity index (χ0v) is 11.3. The molecular formula is C12H14N4O2S. The Labute approximate surface area is 115 Å². The highest BCUT2D eigenvalue weighted by Crippen LogP contribution is 2.22. The highest BCUT2D eigenvalue weighted by molar-refractivity contribution is 7.99. The van der Waals surface area contributed by atoms with E-state index in [1.165, 1.54) is 11.8 Å². The molecule has 0 fully saturated rings. The number of hydrogen-bond donors (Lipinski definition) is 1. The Kier molecular flexibility index (Phi) is 4.91. The first kappa shape index (κ1) is 13.5. The molecule has 0 saturated heterocycles. The number of rotatable bonds is 6. The van der Waals surface area contributed by atoms with Crippen LogP contribution < -0.4 is 5.32 Å². The highest BCUT2D eigenvalue weighted by atomic mass is 32.2. The van der Waals surface area contributed by atoms with Crippen molar-refractivity contribution in [3.63, 3.8) is 0 Å². The molecule has 0 spiro atoms. The van der Waals surface area contributed by atoms with Crippen molar-refractivity contribution in [2.24, 2.45) is 0 Å². The van der Waals surface area contributed by atoms with Gasteiger partial charge in [-0.05, 0) is 18.6 Å². The molecule has 19 heavy (non-hydrogen) atoms. The summed E-state index contributed by atoms with van der Waals surface area (Å²) in [5, 5.41) is 11.0. The summed E-state index contributed by atoms with van der Waals surface area (Å²) in [6, 6.07) is 3.58. The number of thioether (sulfide) groups is 1. The van der Waals surface area contributed by atoms with Crippen LogP contribution in [0.3, 0.4) is 0 Å². The summed E-state index contributed by atoms with van der Waals surface area (Å²) < 4.78 is 5.46. The Morgan fingerprint density at radius 1 is 1.37 bits per heavy atom. The third-order valence-corrected chi connectivity index (χ3v) is 3.05. The van der Waals surface area contributed by atoms with E-state index < -0.39 is 0 Å². The molecule has 2 aromatic rings. The van der Waals surface area contributed by atoms with E-state index in [1.807, 2.05) is 6.92 Å². The van der Waals surface area contributed by atoms with Crippen molar-refractivity contribution in [1.29, 1.82) is 0 Å². The summed E-state index contributed by atoms with van der Waals surface area (Å²) in [7, 11) is 0. The third kappa shape index (κ3) is 4.06. The van der Waals surface area contributed by atoms with Crippen molar-refractivity contribution in [3.8, 4) is 11.5 Å². The second-order valence-corrected chi connectivity index (χ2v) is 4.67. The van der Waals surface area contributed by atoms with Crippen molar-refractivity contribution in [3.05, 3.63) is 24.5 Å². The zero-order valence-electron chi connectivity index (χ0n) is 10.5. The summed E-state index contributed by atoms with van der Waals surface area (Å²) in [4.78, 5) is 15.3. The molecule has 0 aliphatic heterocycles. The van der Waals surface area contributed by atoms with Gasteiger partial charge in [-0.2, -0.15) is 0 Å². The average molecular weight is 278 g/mol. The van der Waals surface area contributed by atoms with Gasteiger partial charge in [0.05, 0.1) is 5.75 Å². The maximum Gasteiger partial charge on any atom is 0.277 e. The van der Waals surface area contributed by atoms with Gasteiger partial charge in [0.15, 0.2) is 0 Å². The van der Waals surface area contributed by atoms with E-state index in [1.54, 1.807) is 24.5 Å². The van der Waals surface area contributed by atoms with Gasteiger partial charge in [0, 0.05) is 24.5 Å². The smallest absolute Gasteiger partial charge is 0.277 e. The molecule has 0 atom stereocenters. The molecule has 0 aliphatic carbocycles. The van der Waals surface area contributed by atoms with Crippen molar-refractivity contribution in [2.45, 2.75) is 18.6 Å². The van der Waals surface area contributed by atoms with Gasteiger partial charge in [0.1, 0.15) is 0 Å². The first-order chi connectivity index (χ1) is 9.29. The molecule has 1 amide bonds. The zero-order chi connectivity index (χ0) is 13.5. The number of carbonyl (C=O) groups is 1. The molecule has 1 N–H and O–H groups in total. The Balaban J connectivity index is 1.90. The van der Waals surface area contributed by atoms with E-state index in [0.29, 0.717) is 17.7 Å². The van der Waals surface area contributed by atoms with Crippen LogP contribution in [-0.2, 0) is 4.79 Å². The van der Waals surface area contributed by atoms with E-state index in [4.69, 9.17) is 4.42 Å². The van der Waals surface area contributed by atoms with Crippen LogP contribution in [0.5, 0.6) is 0 Å². The minimum Gasteiger partial charge on any atom is -0.411 e. The molecule has 0 bridgehead atoms. The lowest BCUT2D eigenvalue weighted by Gasteiger charge is -2.00. The fourth-order valence-electron chi connectivity index (χ4n) is 1.32. The molecule has 6 nitrogen and oxygen atoms in total. The second kappa shape index (κ2) is 6.89. The van der Waals surface area contributed by atoms with Crippen molar-refractivity contribution < 1.29 is 9.21 Å². The van der Waals surface area contributed by atoms with Crippen molar-refractivity contribution in [2.75, 3.05) is 12.3 Å². The maximum atomic E-state index is 11.4. The van der Waals surface area contributed by atoms with E-state index in [2.05, 4.69) is 20.5 Å². The Bertz CT molecular complexity index is 530. The lowest BCUT2D eigenvalue weighted by Crippen LogP contribution is -2.25. The summed E-state index contributed by atoms with van der Waals surface area (Å²) in [5.74, 6) is 0.673. The molecule has 0 unspecified atom stereocenters. The summed E-state index contributed by atoms with van der Waals surface area (Å²) in [5.41, 5.74) is 0.810. The molecule has 0 aromatic carbocycles. The lowest BCUT2D eigenvalue weighted by molar-refractivity contribution is -0.118. The minimum absolute atomic E-state index is 0.0319. The molecule has 0 radical (unpaired) electrons. The van der Waals surface area contributed by atoms with Gasteiger partial charge < -0.3 is 9.73 Å². The predicted octanol–water partition coefficient (Wildman–Crippen LogP) is 1.75. The third-order valence-electron chi connectivity index (χ3n) is 2.23. The van der Waals surface area contributed by atoms with Crippen molar-refractivity contribution in [1.82, 2.24) is 20.5 Å². The predicted molar refractivity (Wildman–Crippen MR) is 71.6 cm³/mol. The van der Waals surface area contributed by atoms with Crippen LogP contribution in [0.25, 0.3) is 11.5 Å². The van der Waals surface area contributed by atoms with E-state index >= 15 is 0 Å². The van der Waals surface area contributed by atoms with E-state index in [-0.39, 0.29) is 11.7 Å². The van der Waals surface area contributed by atoms with E-state index in [0.717, 1.165) is 12.0 Å². The number of nitrogens with one attached hydrogen (secondary N) is 1. The van der Waals surface area contributed by atoms with Crippen LogP contribution in [0.2, 0.25) is 0 Å². The van der Waals surface area contributed by atoms with Gasteiger partial charge in [-0.1, -0.05) is 18.7 Å². The van der Waals surface area contributed by atoms with Gasteiger partial charge in [0.25, 0.3) is 5.22 Å². The largest absolute Gasteiger partial charge is 0.411 e. The summed E-state index contributed by atoms with van der Waals surface area (Å²) in [6.07, 6.45) is 4.23. The highest BCUT2D eigenvalue weighted by Gasteiger charge is 2.10. The number of pyridine rings is 1. The lowest BCUT2D eigenvalue weighted by atomic mass is 10.3. The van der Waals surface area contributed by atoms with Crippen LogP contribution >= 0.6 is 11.8 Å². The quantitative estimate of drug-likeness (QED) is 0.811. The van der Waals surface area contributed by atoms with Gasteiger partial charge in [0.2, 0.25) is 11.8 Å². The minimum atomic E-state index is -0.0319. The molecule has 7 heteroatoms. The first-order valence-electron chi connectivity index (χ1n) is 5.93. The number of aromatic nitrogens is 3. The molecule has 2 aromatic heterocycles. The van der Waals surface area contributed by atoms with Crippen LogP contribution in [0.1, 0.15) is 13.3 Å². The molecule has 2 rings (SSSR count). The van der Waals surface area contributed by atoms with Gasteiger partial charge in [-0.15, -0.1) is 10.2 Å². The topological polar surface area (TPSA) is 80.9 Å². The Hall–Kier alpha value is -1.89. The van der Waals surface area contributed by atoms with Crippen LogP contribution in [-0.4, -0.2) is 33.4 Å². The number of carbonyl (C=O) groups excluding carboxylic acids is 1. The number of amides is 1. The molecule has 100 valence electrons. The normalized spacial score (nSPS) is 10.4. The molecule has 0 saturated carbocycles. The monoisotopic (exact) mass is 278 g/mol. The summed E-state index contributed by atoms with van der Waals surface area (Å²) >= 11 is 1.23. The molecule has 2 heterocycles. The average Bonchev–Trinajstić information content (AvgIpc) is 2.93. The maximum absolute atomic E-state index is 11.4. The first-order valence-corrected chi connectivity index (χ1v) is 6.91. The van der Waals surface area contributed by atoms with E-state index in [9.17, 15) is 4.79 Å². The van der Waals surface area contributed by atoms with Gasteiger partial charge >= 0.3 is 0 Å². The Morgan fingerprint density at radius 3 is 2.89 bits per heavy atom. The van der Waals surface area contributed by atoms with Crippen LogP contribution in [0.4, 0.5) is 0 Å². The van der Waals surface area contributed by atoms with Crippen molar-refractivity contribution >= 4 is 17.7 Å². The second-order valence-electron chi connectivity index (χ2n) is 3.75. The van der Waals surface area contributed by atoms with Crippen LogP contribution in [0.15, 0.2) is 34.2 Å². The van der Waals surface area contributed by atoms with Gasteiger partial charge in [-0.3, -0.25) is 9.78 Å². The summed E-state index contributed by atoms with van der Waals surface area (Å²) in [6.45, 7) is 2.69. The standard InChI is InChI=1S/C12H14N4O2S/c1-2-5-14-10(17)8-19-12-16-15-11(18-12)9-3-6-13-7-4-9/h3-4,6-7H,2,5,8H2,1H3,(H,14,17). The Morgan fingerprint density at radius 2 is 2.16 bits per heavy atom. The fraction of sp³-hybridized carbons (Fsp3) is 0.333. The SMILES string of the molecule is CCCNC(=O)CSc1nnc(-c2ccncc2)o1. The molecule has 0 aliphatic rings. The van der Waals surface area contributed by atoms with Gasteiger partial charge in [-0.25, -0.2) is 0 Å². The number of hydrogen-bond acceptors (Lipinski definition) is 6. The fourth-order valence-corrected chi connectivity index (χ4v) is 1.92.